The molecule has 4 heteroatoms. The Morgan fingerprint density at radius 1 is 1.40 bits per heavy atom. The molecule has 0 aliphatic carbocycles. The number of hydrogen-bond donors (Lipinski definition) is 1. The van der Waals surface area contributed by atoms with Crippen LogP contribution in [0, 0.1) is 6.92 Å². The molecule has 4 nitrogen and oxygen atoms in total. The summed E-state index contributed by atoms with van der Waals surface area (Å²) in [5, 5.41) is 0. The fourth-order valence-electron chi connectivity index (χ4n) is 1.52. The van der Waals surface area contributed by atoms with E-state index in [-0.39, 0.29) is 6.04 Å². The number of aryl methyl sites for hydroxylation is 2. The van der Waals surface area contributed by atoms with Crippen molar-refractivity contribution in [1.29, 1.82) is 0 Å². The second-order valence-electron chi connectivity index (χ2n) is 3.67. The van der Waals surface area contributed by atoms with Gasteiger partial charge in [0.15, 0.2) is 0 Å². The lowest BCUT2D eigenvalue weighted by atomic mass is 10.1. The Morgan fingerprint density at radius 2 is 2.07 bits per heavy atom. The van der Waals surface area contributed by atoms with Gasteiger partial charge < -0.3 is 10.5 Å². The zero-order valence-corrected chi connectivity index (χ0v) is 9.66. The molecule has 84 valence electrons. The van der Waals surface area contributed by atoms with Gasteiger partial charge in [0.2, 0.25) is 0 Å². The maximum Gasteiger partial charge on any atom is 0.125 e. The van der Waals surface area contributed by atoms with E-state index in [4.69, 9.17) is 10.5 Å². The highest BCUT2D eigenvalue weighted by molar-refractivity contribution is 5.12. The Morgan fingerprint density at radius 3 is 2.67 bits per heavy atom. The average molecular weight is 209 g/mol. The van der Waals surface area contributed by atoms with Crippen LogP contribution in [-0.4, -0.2) is 29.7 Å². The maximum atomic E-state index is 5.87. The Labute approximate surface area is 90.9 Å². The van der Waals surface area contributed by atoms with Crippen LogP contribution in [0.3, 0.4) is 0 Å². The molecule has 1 rings (SSSR count). The predicted octanol–water partition coefficient (Wildman–Crippen LogP) is 0.864. The summed E-state index contributed by atoms with van der Waals surface area (Å²) in [5.74, 6) is 0.814. The van der Waals surface area contributed by atoms with Crippen molar-refractivity contribution in [3.8, 4) is 0 Å². The fourth-order valence-corrected chi connectivity index (χ4v) is 1.52. The molecule has 0 spiro atoms. The molecule has 0 saturated heterocycles. The zero-order chi connectivity index (χ0) is 11.3. The second kappa shape index (κ2) is 5.78. The molecule has 1 heterocycles. The SMILES string of the molecule is CCc1cc(CC(N)COC)nc(C)n1. The largest absolute Gasteiger partial charge is 0.383 e. The summed E-state index contributed by atoms with van der Waals surface area (Å²) in [4.78, 5) is 8.68. The third-order valence-corrected chi connectivity index (χ3v) is 2.16. The first-order chi connectivity index (χ1) is 7.15. The molecule has 0 fully saturated rings. The van der Waals surface area contributed by atoms with Crippen molar-refractivity contribution in [2.45, 2.75) is 32.7 Å². The molecule has 1 atom stereocenters. The summed E-state index contributed by atoms with van der Waals surface area (Å²) in [5.41, 5.74) is 7.95. The molecule has 0 aliphatic heterocycles. The van der Waals surface area contributed by atoms with E-state index in [1.54, 1.807) is 7.11 Å². The zero-order valence-electron chi connectivity index (χ0n) is 9.66. The van der Waals surface area contributed by atoms with Crippen molar-refractivity contribution in [1.82, 2.24) is 9.97 Å². The molecular formula is C11H19N3O. The first-order valence-corrected chi connectivity index (χ1v) is 5.23. The monoisotopic (exact) mass is 209 g/mol. The first kappa shape index (κ1) is 12.1. The van der Waals surface area contributed by atoms with Crippen LogP contribution in [0.15, 0.2) is 6.07 Å². The summed E-state index contributed by atoms with van der Waals surface area (Å²) in [6, 6.07) is 2.02. The lowest BCUT2D eigenvalue weighted by molar-refractivity contribution is 0.179. The van der Waals surface area contributed by atoms with Gasteiger partial charge in [0.05, 0.1) is 6.61 Å². The molecular weight excluding hydrogens is 190 g/mol. The van der Waals surface area contributed by atoms with E-state index >= 15 is 0 Å². The van der Waals surface area contributed by atoms with E-state index in [1.165, 1.54) is 0 Å². The van der Waals surface area contributed by atoms with Gasteiger partial charge in [0.25, 0.3) is 0 Å². The van der Waals surface area contributed by atoms with Gasteiger partial charge in [0.1, 0.15) is 5.82 Å². The van der Waals surface area contributed by atoms with Gasteiger partial charge in [-0.2, -0.15) is 0 Å². The first-order valence-electron chi connectivity index (χ1n) is 5.23. The third kappa shape index (κ3) is 3.93. The molecule has 0 bridgehead atoms. The molecule has 0 aliphatic rings. The smallest absolute Gasteiger partial charge is 0.125 e. The number of nitrogens with two attached hydrogens (primary N) is 1. The van der Waals surface area contributed by atoms with Crippen LogP contribution in [-0.2, 0) is 17.6 Å². The number of methoxy groups -OCH3 is 1. The topological polar surface area (TPSA) is 61.0 Å². The van der Waals surface area contributed by atoms with Crippen LogP contribution in [0.1, 0.15) is 24.1 Å². The van der Waals surface area contributed by atoms with Crippen molar-refractivity contribution in [3.05, 3.63) is 23.3 Å². The van der Waals surface area contributed by atoms with Crippen molar-refractivity contribution in [2.75, 3.05) is 13.7 Å². The van der Waals surface area contributed by atoms with Crippen LogP contribution in [0.5, 0.6) is 0 Å². The van der Waals surface area contributed by atoms with Crippen molar-refractivity contribution >= 4 is 0 Å². The quantitative estimate of drug-likeness (QED) is 0.781. The van der Waals surface area contributed by atoms with Crippen molar-refractivity contribution < 1.29 is 4.74 Å². The summed E-state index contributed by atoms with van der Waals surface area (Å²) < 4.78 is 4.99. The molecule has 0 aromatic carbocycles. The molecule has 1 aromatic heterocycles. The summed E-state index contributed by atoms with van der Waals surface area (Å²) >= 11 is 0. The van der Waals surface area contributed by atoms with Gasteiger partial charge >= 0.3 is 0 Å². The minimum Gasteiger partial charge on any atom is -0.383 e. The van der Waals surface area contributed by atoms with Crippen LogP contribution >= 0.6 is 0 Å². The Hall–Kier alpha value is -1.00. The minimum atomic E-state index is 0.00834. The minimum absolute atomic E-state index is 0.00834. The molecule has 15 heavy (non-hydrogen) atoms. The maximum absolute atomic E-state index is 5.87. The lowest BCUT2D eigenvalue weighted by Gasteiger charge is -2.10. The van der Waals surface area contributed by atoms with E-state index in [9.17, 15) is 0 Å². The average Bonchev–Trinajstić information content (AvgIpc) is 2.17. The third-order valence-electron chi connectivity index (χ3n) is 2.16. The number of aromatic nitrogens is 2. The highest BCUT2D eigenvalue weighted by Gasteiger charge is 2.06. The van der Waals surface area contributed by atoms with Crippen molar-refractivity contribution in [3.63, 3.8) is 0 Å². The molecule has 0 saturated carbocycles. The predicted molar refractivity (Wildman–Crippen MR) is 59.7 cm³/mol. The van der Waals surface area contributed by atoms with Crippen LogP contribution in [0.25, 0.3) is 0 Å². The molecule has 0 amide bonds. The molecule has 1 unspecified atom stereocenters. The van der Waals surface area contributed by atoms with Gasteiger partial charge in [-0.1, -0.05) is 6.92 Å². The fraction of sp³-hybridized carbons (Fsp3) is 0.636. The Kier molecular flexibility index (Phi) is 4.65. The highest BCUT2D eigenvalue weighted by Crippen LogP contribution is 2.04. The second-order valence-corrected chi connectivity index (χ2v) is 3.67. The van der Waals surface area contributed by atoms with Crippen LogP contribution in [0.4, 0.5) is 0 Å². The van der Waals surface area contributed by atoms with Crippen LogP contribution < -0.4 is 5.73 Å². The summed E-state index contributed by atoms with van der Waals surface area (Å²) in [6.07, 6.45) is 1.67. The summed E-state index contributed by atoms with van der Waals surface area (Å²) in [7, 11) is 1.66. The Balaban J connectivity index is 2.71. The van der Waals surface area contributed by atoms with Gasteiger partial charge in [0, 0.05) is 31.0 Å². The van der Waals surface area contributed by atoms with Crippen LogP contribution in [0.2, 0.25) is 0 Å². The number of hydrogen-bond acceptors (Lipinski definition) is 4. The number of rotatable bonds is 5. The number of nitrogens with zero attached hydrogens (tertiary/aromatic N) is 2. The van der Waals surface area contributed by atoms with E-state index < -0.39 is 0 Å². The summed E-state index contributed by atoms with van der Waals surface area (Å²) in [6.45, 7) is 4.55. The van der Waals surface area contributed by atoms with E-state index in [0.717, 1.165) is 30.1 Å². The van der Waals surface area contributed by atoms with E-state index in [0.29, 0.717) is 6.61 Å². The van der Waals surface area contributed by atoms with E-state index in [1.807, 2.05) is 13.0 Å². The molecule has 2 N–H and O–H groups in total. The van der Waals surface area contributed by atoms with Gasteiger partial charge in [-0.15, -0.1) is 0 Å². The lowest BCUT2D eigenvalue weighted by Crippen LogP contribution is -2.28. The van der Waals surface area contributed by atoms with Gasteiger partial charge in [-0.05, 0) is 19.4 Å². The molecule has 0 radical (unpaired) electrons. The van der Waals surface area contributed by atoms with Gasteiger partial charge in [-0.3, -0.25) is 0 Å². The highest BCUT2D eigenvalue weighted by atomic mass is 16.5. The normalized spacial score (nSPS) is 12.8. The van der Waals surface area contributed by atoms with E-state index in [2.05, 4.69) is 16.9 Å². The Bertz CT molecular complexity index is 315. The number of ether oxygens (including phenoxy) is 1. The standard InChI is InChI=1S/C11H19N3O/c1-4-10-6-11(14-8(2)13-10)5-9(12)7-15-3/h6,9H,4-5,7,12H2,1-3H3. The van der Waals surface area contributed by atoms with Crippen molar-refractivity contribution in [2.24, 2.45) is 5.73 Å². The van der Waals surface area contributed by atoms with Gasteiger partial charge in [-0.25, -0.2) is 9.97 Å². The molecule has 1 aromatic rings.